The van der Waals surface area contributed by atoms with Crippen LogP contribution in [0, 0.1) is 10.1 Å². The number of nitro groups is 1. The maximum absolute atomic E-state index is 12.9. The van der Waals surface area contributed by atoms with Gasteiger partial charge in [0.05, 0.1) is 24.6 Å². The number of benzene rings is 2. The summed E-state index contributed by atoms with van der Waals surface area (Å²) in [5, 5.41) is 22.9. The van der Waals surface area contributed by atoms with E-state index in [1.54, 1.807) is 24.3 Å². The number of nitrogens with two attached hydrogens (primary N) is 2. The number of nitrogens with one attached hydrogen (secondary N) is 5. The number of hydrogen-bond donors (Lipinski definition) is 7. The standard InChI is InChI=1S/C27H34N8O11/c28-14-22(36)32-15-23(37)34-21(2-1-11-30-25(29)39)24(38)33-18-5-3-17(4-6-18)16-45-26(40)31-12-13-44-27(41)46-20-9-7-19(8-10-20)35(42)43/h3-10,21H,1-2,11-16,28H2,(H,31,40)(H,32,36)(H,33,38)(H,34,37)(H3,29,30,39). The first-order chi connectivity index (χ1) is 22.0. The Morgan fingerprint density at radius 2 is 1.57 bits per heavy atom. The van der Waals surface area contributed by atoms with Crippen molar-refractivity contribution in [3.05, 3.63) is 64.2 Å². The van der Waals surface area contributed by atoms with E-state index in [1.165, 1.54) is 12.1 Å². The molecule has 2 aromatic rings. The van der Waals surface area contributed by atoms with Crippen LogP contribution in [-0.2, 0) is 30.5 Å². The van der Waals surface area contributed by atoms with Crippen LogP contribution >= 0.6 is 0 Å². The Bertz CT molecular complexity index is 1370. The molecule has 0 bridgehead atoms. The average Bonchev–Trinajstić information content (AvgIpc) is 3.03. The molecule has 0 radical (unpaired) electrons. The van der Waals surface area contributed by atoms with Crippen LogP contribution in [-0.4, -0.2) is 79.8 Å². The predicted octanol–water partition coefficient (Wildman–Crippen LogP) is -0.0167. The number of nitro benzene ring substituents is 1. The van der Waals surface area contributed by atoms with Crippen molar-refractivity contribution in [2.75, 3.05) is 38.1 Å². The maximum Gasteiger partial charge on any atom is 0.513 e. The summed E-state index contributed by atoms with van der Waals surface area (Å²) in [5.74, 6) is -1.68. The predicted molar refractivity (Wildman–Crippen MR) is 159 cm³/mol. The minimum atomic E-state index is -1.07. The molecule has 6 amide bonds. The molecule has 2 rings (SSSR count). The van der Waals surface area contributed by atoms with Crippen LogP contribution in [0.2, 0.25) is 0 Å². The van der Waals surface area contributed by atoms with Crippen molar-refractivity contribution in [2.24, 2.45) is 11.5 Å². The van der Waals surface area contributed by atoms with Gasteiger partial charge in [0.1, 0.15) is 25.0 Å². The lowest BCUT2D eigenvalue weighted by molar-refractivity contribution is -0.384. The number of nitrogens with zero attached hydrogens (tertiary/aromatic N) is 1. The van der Waals surface area contributed by atoms with Crippen molar-refractivity contribution in [1.29, 1.82) is 0 Å². The van der Waals surface area contributed by atoms with Gasteiger partial charge in [0.15, 0.2) is 0 Å². The Labute approximate surface area is 261 Å². The van der Waals surface area contributed by atoms with E-state index in [9.17, 15) is 38.9 Å². The highest BCUT2D eigenvalue weighted by atomic mass is 16.7. The number of urea groups is 1. The molecule has 46 heavy (non-hydrogen) atoms. The van der Waals surface area contributed by atoms with Crippen LogP contribution in [0.15, 0.2) is 48.5 Å². The molecule has 2 aromatic carbocycles. The molecule has 1 unspecified atom stereocenters. The monoisotopic (exact) mass is 646 g/mol. The Morgan fingerprint density at radius 3 is 2.20 bits per heavy atom. The van der Waals surface area contributed by atoms with Gasteiger partial charge in [-0.25, -0.2) is 14.4 Å². The van der Waals surface area contributed by atoms with E-state index in [2.05, 4.69) is 26.6 Å². The number of alkyl carbamates (subject to hydrolysis) is 1. The zero-order chi connectivity index (χ0) is 33.9. The molecule has 0 heterocycles. The smallest absolute Gasteiger partial charge is 0.445 e. The summed E-state index contributed by atoms with van der Waals surface area (Å²) in [6.45, 7) is -0.959. The maximum atomic E-state index is 12.9. The lowest BCUT2D eigenvalue weighted by Crippen LogP contribution is -2.48. The third-order valence-corrected chi connectivity index (χ3v) is 5.68. The second-order valence-corrected chi connectivity index (χ2v) is 9.17. The summed E-state index contributed by atoms with van der Waals surface area (Å²) in [6.07, 6.45) is -1.40. The van der Waals surface area contributed by atoms with Gasteiger partial charge in [-0.3, -0.25) is 24.5 Å². The van der Waals surface area contributed by atoms with Gasteiger partial charge >= 0.3 is 18.3 Å². The number of anilines is 1. The van der Waals surface area contributed by atoms with E-state index < -0.39 is 47.0 Å². The van der Waals surface area contributed by atoms with E-state index in [-0.39, 0.29) is 57.3 Å². The topological polar surface area (TPSA) is 285 Å². The fraction of sp³-hybridized carbons (Fsp3) is 0.333. The van der Waals surface area contributed by atoms with Crippen molar-refractivity contribution in [3.8, 4) is 5.75 Å². The highest BCUT2D eigenvalue weighted by Gasteiger charge is 2.21. The number of non-ortho nitro benzene ring substituents is 1. The summed E-state index contributed by atoms with van der Waals surface area (Å²) in [6, 6.07) is 9.33. The number of rotatable bonds is 17. The Morgan fingerprint density at radius 1 is 0.870 bits per heavy atom. The first kappa shape index (κ1) is 36.2. The number of primary amides is 1. The van der Waals surface area contributed by atoms with Gasteiger partial charge < -0.3 is 52.3 Å². The second kappa shape index (κ2) is 19.3. The number of hydrogen-bond acceptors (Lipinski definition) is 12. The molecule has 19 heteroatoms. The van der Waals surface area contributed by atoms with E-state index in [0.717, 1.165) is 12.1 Å². The van der Waals surface area contributed by atoms with Crippen LogP contribution in [0.5, 0.6) is 5.75 Å². The third-order valence-electron chi connectivity index (χ3n) is 5.68. The van der Waals surface area contributed by atoms with Crippen LogP contribution in [0.1, 0.15) is 18.4 Å². The van der Waals surface area contributed by atoms with E-state index in [1.807, 2.05) is 0 Å². The van der Waals surface area contributed by atoms with Crippen molar-refractivity contribution < 1.29 is 47.9 Å². The average molecular weight is 647 g/mol. The zero-order valence-corrected chi connectivity index (χ0v) is 24.4. The highest BCUT2D eigenvalue weighted by Crippen LogP contribution is 2.17. The molecule has 9 N–H and O–H groups in total. The van der Waals surface area contributed by atoms with Gasteiger partial charge in [0.2, 0.25) is 17.7 Å². The first-order valence-electron chi connectivity index (χ1n) is 13.7. The van der Waals surface area contributed by atoms with Crippen molar-refractivity contribution >= 4 is 47.4 Å². The lowest BCUT2D eigenvalue weighted by atomic mass is 10.1. The van der Waals surface area contributed by atoms with E-state index >= 15 is 0 Å². The summed E-state index contributed by atoms with van der Waals surface area (Å²) >= 11 is 0. The normalized spacial score (nSPS) is 10.8. The molecule has 0 aliphatic carbocycles. The van der Waals surface area contributed by atoms with Gasteiger partial charge in [-0.2, -0.15) is 0 Å². The quantitative estimate of drug-likeness (QED) is 0.0392. The summed E-state index contributed by atoms with van der Waals surface area (Å²) in [4.78, 5) is 81.0. The fourth-order valence-electron chi connectivity index (χ4n) is 3.45. The number of carbonyl (C=O) groups is 6. The number of carbonyl (C=O) groups excluding carboxylic acids is 6. The molecule has 0 fully saturated rings. The first-order valence-corrected chi connectivity index (χ1v) is 13.7. The van der Waals surface area contributed by atoms with Gasteiger partial charge in [-0.1, -0.05) is 12.1 Å². The molecule has 0 aliphatic heterocycles. The molecule has 1 atom stereocenters. The molecule has 0 aromatic heterocycles. The van der Waals surface area contributed by atoms with Gasteiger partial charge in [-0.15, -0.1) is 0 Å². The van der Waals surface area contributed by atoms with Crippen LogP contribution in [0.3, 0.4) is 0 Å². The molecule has 248 valence electrons. The van der Waals surface area contributed by atoms with Crippen LogP contribution < -0.4 is 42.8 Å². The largest absolute Gasteiger partial charge is 0.513 e. The Kier molecular flexibility index (Phi) is 15.2. The fourth-order valence-corrected chi connectivity index (χ4v) is 3.45. The van der Waals surface area contributed by atoms with E-state index in [0.29, 0.717) is 17.7 Å². The Balaban J connectivity index is 1.75. The summed E-state index contributed by atoms with van der Waals surface area (Å²) in [5.41, 5.74) is 11.0. The van der Waals surface area contributed by atoms with Crippen LogP contribution in [0.4, 0.5) is 25.8 Å². The van der Waals surface area contributed by atoms with Crippen molar-refractivity contribution in [1.82, 2.24) is 21.3 Å². The second-order valence-electron chi connectivity index (χ2n) is 9.17. The number of ether oxygens (including phenoxy) is 3. The van der Waals surface area contributed by atoms with E-state index in [4.69, 9.17) is 25.7 Å². The molecule has 0 saturated carbocycles. The minimum absolute atomic E-state index is 0.0418. The van der Waals surface area contributed by atoms with Gasteiger partial charge in [0, 0.05) is 24.4 Å². The molecule has 0 saturated heterocycles. The molecule has 0 aliphatic rings. The van der Waals surface area contributed by atoms with Gasteiger partial charge in [0.25, 0.3) is 5.69 Å². The van der Waals surface area contributed by atoms with Gasteiger partial charge in [-0.05, 0) is 42.7 Å². The summed E-state index contributed by atoms with van der Waals surface area (Å²) in [7, 11) is 0. The molecule has 0 spiro atoms. The minimum Gasteiger partial charge on any atom is -0.445 e. The molecule has 19 nitrogen and oxygen atoms in total. The zero-order valence-electron chi connectivity index (χ0n) is 24.4. The molecular weight excluding hydrogens is 612 g/mol. The summed E-state index contributed by atoms with van der Waals surface area (Å²) < 4.78 is 14.8. The third kappa shape index (κ3) is 14.5. The van der Waals surface area contributed by atoms with Crippen molar-refractivity contribution in [3.63, 3.8) is 0 Å². The Hall–Kier alpha value is -5.98. The van der Waals surface area contributed by atoms with Crippen LogP contribution in [0.25, 0.3) is 0 Å². The molecular formula is C27H34N8O11. The lowest BCUT2D eigenvalue weighted by Gasteiger charge is -2.19. The number of amides is 6. The SMILES string of the molecule is NCC(=O)NCC(=O)NC(CCCNC(N)=O)C(=O)Nc1ccc(COC(=O)NCCOC(=O)Oc2ccc([N+](=O)[O-])cc2)cc1. The van der Waals surface area contributed by atoms with Crippen molar-refractivity contribution in [2.45, 2.75) is 25.5 Å². The highest BCUT2D eigenvalue weighted by molar-refractivity contribution is 5.97.